The van der Waals surface area contributed by atoms with Crippen LogP contribution in [0.1, 0.15) is 63.6 Å². The van der Waals surface area contributed by atoms with Crippen molar-refractivity contribution in [3.63, 3.8) is 0 Å². The van der Waals surface area contributed by atoms with Gasteiger partial charge in [-0.3, -0.25) is 0 Å². The van der Waals surface area contributed by atoms with Gasteiger partial charge in [-0.05, 0) is 72.3 Å². The molecule has 258 valence electrons. The molecule has 0 fully saturated rings. The Morgan fingerprint density at radius 2 is 1.66 bits per heavy atom. The summed E-state index contributed by atoms with van der Waals surface area (Å²) < 4.78 is 13.8. The number of pyridine rings is 2. The zero-order valence-corrected chi connectivity index (χ0v) is 30.1. The molecule has 8 heteroatoms. The molecule has 0 saturated heterocycles. The molecule has 0 bridgehead atoms. The number of hydrogen-bond donors (Lipinski definition) is 0. The lowest BCUT2D eigenvalue weighted by Gasteiger charge is -2.55. The Morgan fingerprint density at radius 1 is 0.811 bits per heavy atom. The lowest BCUT2D eigenvalue weighted by molar-refractivity contribution is -0.775. The summed E-state index contributed by atoms with van der Waals surface area (Å²) in [6.07, 6.45) is 13.5. The number of allylic oxidation sites excluding steroid dienone is 2. The molecule has 2 aliphatic heterocycles. The van der Waals surface area contributed by atoms with Gasteiger partial charge in [-0.2, -0.15) is 4.57 Å². The van der Waals surface area contributed by atoms with Crippen LogP contribution in [-0.4, -0.2) is 24.7 Å². The van der Waals surface area contributed by atoms with Crippen molar-refractivity contribution in [2.45, 2.75) is 70.0 Å². The van der Waals surface area contributed by atoms with E-state index in [4.69, 9.17) is 24.5 Å². The number of nitrogens with zero attached hydrogens (tertiary/aromatic N) is 7. The normalized spacial score (nSPS) is 20.8. The van der Waals surface area contributed by atoms with Crippen LogP contribution in [0.3, 0.4) is 0 Å². The van der Waals surface area contributed by atoms with E-state index in [1.807, 2.05) is 12.3 Å². The van der Waals surface area contributed by atoms with Crippen LogP contribution in [0.4, 0.5) is 0 Å². The molecule has 8 nitrogen and oxygen atoms in total. The molecule has 0 spiro atoms. The molecule has 0 saturated carbocycles. The van der Waals surface area contributed by atoms with Gasteiger partial charge in [-0.25, -0.2) is 19.2 Å². The van der Waals surface area contributed by atoms with Gasteiger partial charge in [0.05, 0.1) is 11.8 Å². The van der Waals surface area contributed by atoms with E-state index in [2.05, 4.69) is 132 Å². The first-order chi connectivity index (χ1) is 26.1. The number of benzene rings is 3. The molecule has 53 heavy (non-hydrogen) atoms. The van der Waals surface area contributed by atoms with Crippen LogP contribution in [0.5, 0.6) is 0 Å². The Bertz CT molecular complexity index is 2830. The molecule has 1 aliphatic carbocycles. The molecular formula is C45H39N7O+2. The Morgan fingerprint density at radius 3 is 2.51 bits per heavy atom. The number of rotatable bonds is 7. The number of aryl methyl sites for hydroxylation is 1. The van der Waals surface area contributed by atoms with E-state index < -0.39 is 11.1 Å². The van der Waals surface area contributed by atoms with Crippen LogP contribution in [0.15, 0.2) is 126 Å². The third-order valence-corrected chi connectivity index (χ3v) is 12.4. The van der Waals surface area contributed by atoms with Gasteiger partial charge in [0.15, 0.2) is 35.3 Å². The third-order valence-electron chi connectivity index (χ3n) is 12.4. The molecule has 3 aliphatic rings. The van der Waals surface area contributed by atoms with Crippen molar-refractivity contribution in [2.75, 3.05) is 0 Å². The van der Waals surface area contributed by atoms with Gasteiger partial charge in [0, 0.05) is 46.0 Å². The molecule has 3 atom stereocenters. The van der Waals surface area contributed by atoms with Gasteiger partial charge in [0.1, 0.15) is 16.9 Å². The summed E-state index contributed by atoms with van der Waals surface area (Å²) in [6, 6.07) is 32.4. The monoisotopic (exact) mass is 693 g/mol. The minimum atomic E-state index is -0.438. The maximum absolute atomic E-state index is 6.65. The molecular weight excluding hydrogens is 655 g/mol. The first-order valence-corrected chi connectivity index (χ1v) is 19.0. The smallest absolute Gasteiger partial charge is 0.350 e. The van der Waals surface area contributed by atoms with E-state index in [-0.39, 0.29) is 6.04 Å². The van der Waals surface area contributed by atoms with Crippen LogP contribution < -0.4 is 9.13 Å². The summed E-state index contributed by atoms with van der Waals surface area (Å²) in [7, 11) is 0. The maximum atomic E-state index is 6.65. The summed E-state index contributed by atoms with van der Waals surface area (Å²) in [4.78, 5) is 15.0. The minimum Gasteiger partial charge on any atom is -0.456 e. The Kier molecular flexibility index (Phi) is 6.35. The average Bonchev–Trinajstić information content (AvgIpc) is 3.89. The number of unbranched alkanes of at least 4 members (excludes halogenated alkanes) is 1. The molecule has 7 heterocycles. The van der Waals surface area contributed by atoms with Gasteiger partial charge >= 0.3 is 5.65 Å². The molecule has 0 amide bonds. The third kappa shape index (κ3) is 3.85. The van der Waals surface area contributed by atoms with E-state index in [1.165, 1.54) is 35.1 Å². The number of furan rings is 1. The number of aromatic nitrogens is 7. The van der Waals surface area contributed by atoms with Gasteiger partial charge in [-0.1, -0.05) is 69.7 Å². The fourth-order valence-corrected chi connectivity index (χ4v) is 10.00. The molecule has 3 aromatic carbocycles. The van der Waals surface area contributed by atoms with Crippen molar-refractivity contribution >= 4 is 33.1 Å². The fraction of sp³-hybridized carbons (Fsp3) is 0.244. The second-order valence-corrected chi connectivity index (χ2v) is 14.8. The highest BCUT2D eigenvalue weighted by atomic mass is 16.3. The zero-order valence-electron chi connectivity index (χ0n) is 30.1. The van der Waals surface area contributed by atoms with E-state index in [0.29, 0.717) is 0 Å². The van der Waals surface area contributed by atoms with Crippen LogP contribution in [0.2, 0.25) is 0 Å². The second-order valence-electron chi connectivity index (χ2n) is 14.8. The van der Waals surface area contributed by atoms with Crippen LogP contribution >= 0.6 is 0 Å². The molecule has 0 radical (unpaired) electrons. The van der Waals surface area contributed by atoms with Crippen LogP contribution in [-0.2, 0) is 17.5 Å². The standard InChI is InChI=1S/C45H39N7O/c1-4-7-13-28-17-18-30-32-25-33-31(26-39(32)53-38(30)24-28)36-20-19-35-42(47-22-21-46-35)51(36)40(33)34-27-44(5-2)45(34,6-3)50-23-12-11-16-37(50)43-48-41(49-52(43)44)29-14-9-8-10-15-29/h8-12,14-27,40H,4-7,13H2,1-3H3/q+2. The lowest BCUT2D eigenvalue weighted by Crippen LogP contribution is -2.78. The van der Waals surface area contributed by atoms with Gasteiger partial charge in [0.25, 0.3) is 5.69 Å². The van der Waals surface area contributed by atoms with Gasteiger partial charge in [0.2, 0.25) is 11.4 Å². The van der Waals surface area contributed by atoms with Crippen molar-refractivity contribution in [1.29, 1.82) is 0 Å². The highest BCUT2D eigenvalue weighted by Crippen LogP contribution is 2.61. The highest BCUT2D eigenvalue weighted by Gasteiger charge is 2.73. The number of fused-ring (bicyclic) bond motifs is 14. The van der Waals surface area contributed by atoms with Crippen LogP contribution in [0, 0.1) is 0 Å². The predicted octanol–water partition coefficient (Wildman–Crippen LogP) is 8.81. The highest BCUT2D eigenvalue weighted by molar-refractivity contribution is 6.07. The lowest BCUT2D eigenvalue weighted by atomic mass is 9.55. The predicted molar refractivity (Wildman–Crippen MR) is 205 cm³/mol. The number of hydrogen-bond acceptors (Lipinski definition) is 5. The van der Waals surface area contributed by atoms with E-state index in [0.717, 1.165) is 81.0 Å². The topological polar surface area (TPSA) is 77.4 Å². The van der Waals surface area contributed by atoms with Crippen molar-refractivity contribution in [2.24, 2.45) is 0 Å². The molecule has 8 aromatic rings. The van der Waals surface area contributed by atoms with E-state index in [1.54, 1.807) is 6.20 Å². The molecule has 5 aromatic heterocycles. The van der Waals surface area contributed by atoms with Crippen LogP contribution in [0.25, 0.3) is 67.3 Å². The SMILES string of the molecule is CCCCc1ccc2c(c1)oc1cc3c(cc12)C(C1=CC2(CC)n4nc(-c5ccccc5)nc4-c4cccc[n+]4C12CC)[n+]1c-3ccc2nccnc21. The zero-order chi connectivity index (χ0) is 35.5. The molecule has 11 rings (SSSR count). The summed E-state index contributed by atoms with van der Waals surface area (Å²) in [5, 5.41) is 7.64. The first-order valence-electron chi connectivity index (χ1n) is 19.0. The Hall–Kier alpha value is -6.02. The summed E-state index contributed by atoms with van der Waals surface area (Å²) in [5.74, 6) is 1.64. The van der Waals surface area contributed by atoms with E-state index >= 15 is 0 Å². The molecule has 3 unspecified atom stereocenters. The van der Waals surface area contributed by atoms with Crippen molar-refractivity contribution in [3.8, 4) is 34.2 Å². The van der Waals surface area contributed by atoms with Gasteiger partial charge in [-0.15, -0.1) is 5.10 Å². The van der Waals surface area contributed by atoms with Crippen molar-refractivity contribution in [1.82, 2.24) is 24.7 Å². The summed E-state index contributed by atoms with van der Waals surface area (Å²) >= 11 is 0. The minimum absolute atomic E-state index is 0.127. The summed E-state index contributed by atoms with van der Waals surface area (Å²) in [6.45, 7) is 6.86. The average molecular weight is 694 g/mol. The second kappa shape index (κ2) is 11.0. The van der Waals surface area contributed by atoms with E-state index in [9.17, 15) is 0 Å². The fourth-order valence-electron chi connectivity index (χ4n) is 10.00. The Labute approximate surface area is 307 Å². The van der Waals surface area contributed by atoms with Crippen molar-refractivity contribution in [3.05, 3.63) is 132 Å². The first kappa shape index (κ1) is 30.6. The Balaban J connectivity index is 1.19. The quantitative estimate of drug-likeness (QED) is 0.123. The summed E-state index contributed by atoms with van der Waals surface area (Å²) in [5.41, 5.74) is 11.0. The van der Waals surface area contributed by atoms with Crippen molar-refractivity contribution < 1.29 is 13.6 Å². The van der Waals surface area contributed by atoms with Gasteiger partial charge < -0.3 is 4.42 Å². The molecule has 0 N–H and O–H groups in total. The largest absolute Gasteiger partial charge is 0.456 e. The maximum Gasteiger partial charge on any atom is 0.350 e.